The SMILES string of the molecule is O=C(O)[C@@H]1CCCCN1C(=O)c1cccc(=O)[nH]1. The van der Waals surface area contributed by atoms with Crippen molar-refractivity contribution in [3.05, 3.63) is 34.2 Å². The van der Waals surface area contributed by atoms with Crippen LogP contribution in [0.2, 0.25) is 0 Å². The van der Waals surface area contributed by atoms with Gasteiger partial charge in [-0.2, -0.15) is 0 Å². The molecule has 0 aromatic carbocycles. The Labute approximate surface area is 103 Å². The molecule has 1 fully saturated rings. The lowest BCUT2D eigenvalue weighted by Gasteiger charge is -2.32. The van der Waals surface area contributed by atoms with Gasteiger partial charge < -0.3 is 15.0 Å². The fourth-order valence-corrected chi connectivity index (χ4v) is 2.16. The number of amides is 1. The number of aromatic nitrogens is 1. The van der Waals surface area contributed by atoms with E-state index < -0.39 is 17.9 Å². The van der Waals surface area contributed by atoms with E-state index in [9.17, 15) is 14.4 Å². The predicted octanol–water partition coefficient (Wildman–Crippen LogP) is 0.454. The smallest absolute Gasteiger partial charge is 0.326 e. The Morgan fingerprint density at radius 3 is 2.78 bits per heavy atom. The molecule has 2 N–H and O–H groups in total. The summed E-state index contributed by atoms with van der Waals surface area (Å²) in [6, 6.07) is 3.47. The molecule has 1 saturated heterocycles. The van der Waals surface area contributed by atoms with Crippen LogP contribution in [0.15, 0.2) is 23.0 Å². The van der Waals surface area contributed by atoms with Gasteiger partial charge in [0.05, 0.1) is 0 Å². The number of likely N-dealkylation sites (tertiary alicyclic amines) is 1. The average molecular weight is 250 g/mol. The number of rotatable bonds is 2. The molecule has 0 saturated carbocycles. The Morgan fingerprint density at radius 1 is 1.33 bits per heavy atom. The Hall–Kier alpha value is -2.11. The summed E-state index contributed by atoms with van der Waals surface area (Å²) in [5.74, 6) is -1.43. The zero-order chi connectivity index (χ0) is 13.1. The molecular formula is C12H14N2O4. The number of pyridine rings is 1. The van der Waals surface area contributed by atoms with Crippen LogP contribution in [0.4, 0.5) is 0 Å². The maximum atomic E-state index is 12.2. The first-order valence-corrected chi connectivity index (χ1v) is 5.82. The fourth-order valence-electron chi connectivity index (χ4n) is 2.16. The minimum Gasteiger partial charge on any atom is -0.480 e. The van der Waals surface area contributed by atoms with Crippen LogP contribution in [-0.4, -0.2) is 39.5 Å². The quantitative estimate of drug-likeness (QED) is 0.797. The molecule has 1 aliphatic heterocycles. The topological polar surface area (TPSA) is 90.5 Å². The second-order valence-electron chi connectivity index (χ2n) is 4.28. The molecule has 1 aromatic rings. The van der Waals surface area contributed by atoms with Gasteiger partial charge in [0.25, 0.3) is 5.91 Å². The predicted molar refractivity (Wildman–Crippen MR) is 63.4 cm³/mol. The van der Waals surface area contributed by atoms with Crippen molar-refractivity contribution >= 4 is 11.9 Å². The highest BCUT2D eigenvalue weighted by molar-refractivity contribution is 5.95. The molecule has 6 heteroatoms. The molecule has 0 radical (unpaired) electrons. The molecule has 0 spiro atoms. The summed E-state index contributed by atoms with van der Waals surface area (Å²) >= 11 is 0. The van der Waals surface area contributed by atoms with E-state index in [1.54, 1.807) is 0 Å². The molecule has 96 valence electrons. The zero-order valence-electron chi connectivity index (χ0n) is 9.76. The van der Waals surface area contributed by atoms with Crippen molar-refractivity contribution < 1.29 is 14.7 Å². The van der Waals surface area contributed by atoms with Gasteiger partial charge in [0.1, 0.15) is 11.7 Å². The van der Waals surface area contributed by atoms with Gasteiger partial charge in [-0.1, -0.05) is 6.07 Å². The number of hydrogen-bond donors (Lipinski definition) is 2. The summed E-state index contributed by atoms with van der Waals surface area (Å²) in [4.78, 5) is 38.2. The second kappa shape index (κ2) is 5.03. The normalized spacial score (nSPS) is 19.6. The van der Waals surface area contributed by atoms with Crippen LogP contribution in [0.5, 0.6) is 0 Å². The first-order valence-electron chi connectivity index (χ1n) is 5.82. The van der Waals surface area contributed by atoms with E-state index in [0.717, 1.165) is 12.8 Å². The van der Waals surface area contributed by atoms with Gasteiger partial charge >= 0.3 is 5.97 Å². The minimum absolute atomic E-state index is 0.135. The number of carbonyl (C=O) groups is 2. The number of carboxylic acid groups (broad SMARTS) is 1. The van der Waals surface area contributed by atoms with Crippen molar-refractivity contribution in [2.45, 2.75) is 25.3 Å². The van der Waals surface area contributed by atoms with E-state index in [1.165, 1.54) is 23.1 Å². The van der Waals surface area contributed by atoms with Crippen LogP contribution in [0.1, 0.15) is 29.8 Å². The van der Waals surface area contributed by atoms with Gasteiger partial charge in [0.2, 0.25) is 5.56 Å². The molecule has 1 aliphatic rings. The molecule has 1 aromatic heterocycles. The molecule has 1 atom stereocenters. The highest BCUT2D eigenvalue weighted by Gasteiger charge is 2.32. The fraction of sp³-hybridized carbons (Fsp3) is 0.417. The minimum atomic E-state index is -0.999. The molecule has 2 rings (SSSR count). The summed E-state index contributed by atoms with van der Waals surface area (Å²) in [6.45, 7) is 0.409. The molecule has 2 heterocycles. The summed E-state index contributed by atoms with van der Waals surface area (Å²) in [7, 11) is 0. The summed E-state index contributed by atoms with van der Waals surface area (Å²) < 4.78 is 0. The molecule has 1 amide bonds. The van der Waals surface area contributed by atoms with E-state index in [4.69, 9.17) is 5.11 Å². The number of nitrogens with zero attached hydrogens (tertiary/aromatic N) is 1. The number of carbonyl (C=O) groups excluding carboxylic acids is 1. The van der Waals surface area contributed by atoms with Crippen LogP contribution < -0.4 is 5.56 Å². The lowest BCUT2D eigenvalue weighted by atomic mass is 10.0. The Morgan fingerprint density at radius 2 is 2.11 bits per heavy atom. The van der Waals surface area contributed by atoms with Crippen LogP contribution in [0.3, 0.4) is 0 Å². The number of hydrogen-bond acceptors (Lipinski definition) is 3. The molecule has 0 bridgehead atoms. The lowest BCUT2D eigenvalue weighted by molar-refractivity contribution is -0.143. The molecule has 0 aliphatic carbocycles. The molecule has 6 nitrogen and oxygen atoms in total. The Kier molecular flexibility index (Phi) is 3.45. The van der Waals surface area contributed by atoms with Crippen molar-refractivity contribution in [2.24, 2.45) is 0 Å². The number of aliphatic carboxylic acids is 1. The van der Waals surface area contributed by atoms with E-state index >= 15 is 0 Å². The third-order valence-corrected chi connectivity index (χ3v) is 3.05. The van der Waals surface area contributed by atoms with Gasteiger partial charge in [-0.15, -0.1) is 0 Å². The maximum Gasteiger partial charge on any atom is 0.326 e. The van der Waals surface area contributed by atoms with Crippen molar-refractivity contribution in [2.75, 3.05) is 6.54 Å². The number of aromatic amines is 1. The van der Waals surface area contributed by atoms with Gasteiger partial charge in [-0.3, -0.25) is 9.59 Å². The third-order valence-electron chi connectivity index (χ3n) is 3.05. The standard InChI is InChI=1S/C12H14N2O4/c15-10-6-3-4-8(13-10)11(16)14-7-2-1-5-9(14)12(17)18/h3-4,6,9H,1-2,5,7H2,(H,13,15)(H,17,18)/t9-/m0/s1. The number of carboxylic acids is 1. The lowest BCUT2D eigenvalue weighted by Crippen LogP contribution is -2.48. The second-order valence-corrected chi connectivity index (χ2v) is 4.28. The van der Waals surface area contributed by atoms with E-state index in [-0.39, 0.29) is 11.3 Å². The van der Waals surface area contributed by atoms with Gasteiger partial charge in [0.15, 0.2) is 0 Å². The van der Waals surface area contributed by atoms with Crippen molar-refractivity contribution in [3.8, 4) is 0 Å². The van der Waals surface area contributed by atoms with Crippen molar-refractivity contribution in [3.63, 3.8) is 0 Å². The van der Waals surface area contributed by atoms with Gasteiger partial charge in [0, 0.05) is 12.6 Å². The zero-order valence-corrected chi connectivity index (χ0v) is 9.76. The highest BCUT2D eigenvalue weighted by Crippen LogP contribution is 2.19. The average Bonchev–Trinajstić information content (AvgIpc) is 2.38. The van der Waals surface area contributed by atoms with Crippen LogP contribution in [-0.2, 0) is 4.79 Å². The van der Waals surface area contributed by atoms with Crippen molar-refractivity contribution in [1.82, 2.24) is 9.88 Å². The summed E-state index contributed by atoms with van der Waals surface area (Å²) in [6.07, 6.45) is 2.04. The largest absolute Gasteiger partial charge is 0.480 e. The van der Waals surface area contributed by atoms with E-state index in [2.05, 4.69) is 4.98 Å². The van der Waals surface area contributed by atoms with Crippen LogP contribution >= 0.6 is 0 Å². The van der Waals surface area contributed by atoms with Gasteiger partial charge in [-0.05, 0) is 25.3 Å². The van der Waals surface area contributed by atoms with E-state index in [1.807, 2.05) is 0 Å². The number of piperidine rings is 1. The third kappa shape index (κ3) is 2.42. The molecular weight excluding hydrogens is 236 g/mol. The number of nitrogens with one attached hydrogen (secondary N) is 1. The summed E-state index contributed by atoms with van der Waals surface area (Å²) in [5, 5.41) is 9.09. The summed E-state index contributed by atoms with van der Waals surface area (Å²) in [5.41, 5.74) is -0.236. The van der Waals surface area contributed by atoms with Crippen LogP contribution in [0, 0.1) is 0 Å². The maximum absolute atomic E-state index is 12.2. The Bertz CT molecular complexity index is 523. The Balaban J connectivity index is 2.26. The highest BCUT2D eigenvalue weighted by atomic mass is 16.4. The molecule has 18 heavy (non-hydrogen) atoms. The van der Waals surface area contributed by atoms with Crippen LogP contribution in [0.25, 0.3) is 0 Å². The van der Waals surface area contributed by atoms with Crippen molar-refractivity contribution in [1.29, 1.82) is 0 Å². The monoisotopic (exact) mass is 250 g/mol. The molecule has 0 unspecified atom stereocenters. The number of H-pyrrole nitrogens is 1. The van der Waals surface area contributed by atoms with E-state index in [0.29, 0.717) is 13.0 Å². The first kappa shape index (κ1) is 12.3. The van der Waals surface area contributed by atoms with Gasteiger partial charge in [-0.25, -0.2) is 4.79 Å². The first-order chi connectivity index (χ1) is 8.59.